The smallest absolute Gasteiger partial charge is 0.254 e. The topological polar surface area (TPSA) is 68.7 Å². The van der Waals surface area contributed by atoms with E-state index >= 15 is 4.39 Å². The van der Waals surface area contributed by atoms with Gasteiger partial charge in [-0.25, -0.2) is 4.39 Å². The van der Waals surface area contributed by atoms with Crippen molar-refractivity contribution in [1.29, 1.82) is 0 Å². The van der Waals surface area contributed by atoms with E-state index in [2.05, 4.69) is 15.2 Å². The molecule has 1 aromatic carbocycles. The van der Waals surface area contributed by atoms with Crippen LogP contribution in [0.5, 0.6) is 0 Å². The van der Waals surface area contributed by atoms with E-state index in [1.165, 1.54) is 0 Å². The van der Waals surface area contributed by atoms with Crippen LogP contribution in [0.15, 0.2) is 30.5 Å². The molecule has 0 aliphatic carbocycles. The number of halogens is 1. The fraction of sp³-hybridized carbons (Fsp3) is 0.500. The van der Waals surface area contributed by atoms with Gasteiger partial charge in [0.05, 0.1) is 6.10 Å². The lowest BCUT2D eigenvalue weighted by Gasteiger charge is -2.31. The number of β-amino-alcohol motifs (C(OH)–C–C–N with tert-alkyl or cyclic N) is 1. The first-order chi connectivity index (χ1) is 15.0. The summed E-state index contributed by atoms with van der Waals surface area (Å²) >= 11 is 0. The Morgan fingerprint density at radius 3 is 2.90 bits per heavy atom. The SMILES string of the molecule is C[C@@H]1CN(Cc2ccnc(-c3ccc4c(c3)CN(C3CCCNC3)C4=O)c2F)C[C@H]1O. The fourth-order valence-corrected chi connectivity index (χ4v) is 5.11. The molecule has 31 heavy (non-hydrogen) atoms. The van der Waals surface area contributed by atoms with Crippen LogP contribution in [0.3, 0.4) is 0 Å². The molecule has 2 saturated heterocycles. The molecule has 0 radical (unpaired) electrons. The molecular weight excluding hydrogens is 395 g/mol. The Bertz CT molecular complexity index is 982. The van der Waals surface area contributed by atoms with E-state index in [1.54, 1.807) is 18.3 Å². The van der Waals surface area contributed by atoms with E-state index in [-0.39, 0.29) is 29.8 Å². The predicted molar refractivity (Wildman–Crippen MR) is 116 cm³/mol. The van der Waals surface area contributed by atoms with Gasteiger partial charge < -0.3 is 15.3 Å². The maximum Gasteiger partial charge on any atom is 0.254 e. The molecule has 3 aliphatic rings. The number of aromatic nitrogens is 1. The Kier molecular flexibility index (Phi) is 5.50. The Morgan fingerprint density at radius 2 is 2.16 bits per heavy atom. The zero-order chi connectivity index (χ0) is 21.5. The van der Waals surface area contributed by atoms with Gasteiger partial charge in [-0.15, -0.1) is 0 Å². The summed E-state index contributed by atoms with van der Waals surface area (Å²) in [6, 6.07) is 7.46. The lowest BCUT2D eigenvalue weighted by atomic mass is 10.0. The van der Waals surface area contributed by atoms with Gasteiger partial charge in [0.25, 0.3) is 5.91 Å². The molecule has 6 nitrogen and oxygen atoms in total. The van der Waals surface area contributed by atoms with Gasteiger partial charge in [0.1, 0.15) is 5.69 Å². The number of benzene rings is 1. The van der Waals surface area contributed by atoms with Crippen molar-refractivity contribution in [2.24, 2.45) is 5.92 Å². The molecule has 1 aromatic heterocycles. The van der Waals surface area contributed by atoms with E-state index in [1.807, 2.05) is 24.0 Å². The number of likely N-dealkylation sites (tertiary alicyclic amines) is 1. The second kappa shape index (κ2) is 8.30. The van der Waals surface area contributed by atoms with Gasteiger partial charge in [0.2, 0.25) is 0 Å². The van der Waals surface area contributed by atoms with Crippen molar-refractivity contribution in [1.82, 2.24) is 20.1 Å². The van der Waals surface area contributed by atoms with Gasteiger partial charge in [0.15, 0.2) is 5.82 Å². The second-order valence-electron chi connectivity index (χ2n) is 9.18. The minimum Gasteiger partial charge on any atom is -0.391 e. The number of hydrogen-bond donors (Lipinski definition) is 2. The quantitative estimate of drug-likeness (QED) is 0.789. The van der Waals surface area contributed by atoms with Crippen LogP contribution in [0.2, 0.25) is 0 Å². The summed E-state index contributed by atoms with van der Waals surface area (Å²) in [5, 5.41) is 13.4. The number of amides is 1. The number of pyridine rings is 1. The van der Waals surface area contributed by atoms with Crippen LogP contribution < -0.4 is 5.32 Å². The maximum atomic E-state index is 15.4. The standard InChI is InChI=1S/C24H29FN4O2/c1-15-11-28(14-21(15)30)12-17-6-8-27-23(22(17)25)16-4-5-20-18(9-16)13-29(24(20)31)19-3-2-7-26-10-19/h4-6,8-9,15,19,21,26,30H,2-3,7,10-14H2,1H3/t15-,19?,21-/m1/s1. The number of carbonyl (C=O) groups excluding carboxylic acids is 1. The Morgan fingerprint density at radius 1 is 1.29 bits per heavy atom. The Labute approximate surface area is 182 Å². The first-order valence-corrected chi connectivity index (χ1v) is 11.2. The monoisotopic (exact) mass is 424 g/mol. The number of carbonyl (C=O) groups is 1. The van der Waals surface area contributed by atoms with Gasteiger partial charge >= 0.3 is 0 Å². The maximum absolute atomic E-state index is 15.4. The number of nitrogens with one attached hydrogen (secondary N) is 1. The van der Waals surface area contributed by atoms with Crippen molar-refractivity contribution in [3.63, 3.8) is 0 Å². The highest BCUT2D eigenvalue weighted by Crippen LogP contribution is 2.32. The third kappa shape index (κ3) is 3.86. The molecule has 0 bridgehead atoms. The number of nitrogens with zero attached hydrogens (tertiary/aromatic N) is 3. The van der Waals surface area contributed by atoms with E-state index in [0.29, 0.717) is 42.0 Å². The third-order valence-corrected chi connectivity index (χ3v) is 6.93. The number of piperidine rings is 1. The predicted octanol–water partition coefficient (Wildman–Crippen LogP) is 2.41. The Hall–Kier alpha value is -2.35. The van der Waals surface area contributed by atoms with E-state index in [0.717, 1.165) is 38.0 Å². The summed E-state index contributed by atoms with van der Waals surface area (Å²) in [4.78, 5) is 21.2. The van der Waals surface area contributed by atoms with Crippen molar-refractivity contribution in [2.45, 2.75) is 45.0 Å². The molecule has 3 atom stereocenters. The fourth-order valence-electron chi connectivity index (χ4n) is 5.11. The summed E-state index contributed by atoms with van der Waals surface area (Å²) in [7, 11) is 0. The normalized spacial score (nSPS) is 26.5. The summed E-state index contributed by atoms with van der Waals surface area (Å²) in [6.07, 6.45) is 3.37. The highest BCUT2D eigenvalue weighted by atomic mass is 19.1. The van der Waals surface area contributed by atoms with Gasteiger partial charge in [-0.3, -0.25) is 14.7 Å². The van der Waals surface area contributed by atoms with Gasteiger partial charge in [0, 0.05) is 61.7 Å². The molecule has 4 heterocycles. The highest BCUT2D eigenvalue weighted by molar-refractivity contribution is 5.99. The molecule has 2 N–H and O–H groups in total. The van der Waals surface area contributed by atoms with Crippen molar-refractivity contribution in [3.05, 3.63) is 53.0 Å². The number of rotatable bonds is 4. The molecule has 5 rings (SSSR count). The van der Waals surface area contributed by atoms with E-state index in [9.17, 15) is 9.90 Å². The van der Waals surface area contributed by atoms with Crippen LogP contribution in [0.4, 0.5) is 4.39 Å². The molecule has 0 saturated carbocycles. The van der Waals surface area contributed by atoms with Crippen molar-refractivity contribution >= 4 is 5.91 Å². The van der Waals surface area contributed by atoms with E-state index in [4.69, 9.17) is 0 Å². The van der Waals surface area contributed by atoms with Crippen LogP contribution in [-0.2, 0) is 13.1 Å². The average molecular weight is 425 g/mol. The van der Waals surface area contributed by atoms with Gasteiger partial charge in [-0.2, -0.15) is 0 Å². The first-order valence-electron chi connectivity index (χ1n) is 11.2. The van der Waals surface area contributed by atoms with Crippen LogP contribution >= 0.6 is 0 Å². The van der Waals surface area contributed by atoms with Crippen LogP contribution in [-0.4, -0.2) is 64.1 Å². The number of hydrogen-bond acceptors (Lipinski definition) is 5. The average Bonchev–Trinajstić information content (AvgIpc) is 3.28. The molecule has 3 aliphatic heterocycles. The zero-order valence-electron chi connectivity index (χ0n) is 17.9. The van der Waals surface area contributed by atoms with Crippen molar-refractivity contribution in [3.8, 4) is 11.3 Å². The molecule has 0 spiro atoms. The van der Waals surface area contributed by atoms with Crippen molar-refractivity contribution in [2.75, 3.05) is 26.2 Å². The van der Waals surface area contributed by atoms with Gasteiger partial charge in [-0.05, 0) is 49.1 Å². The highest BCUT2D eigenvalue weighted by Gasteiger charge is 2.34. The minimum absolute atomic E-state index is 0.0687. The molecule has 2 aromatic rings. The summed E-state index contributed by atoms with van der Waals surface area (Å²) < 4.78 is 15.4. The molecule has 1 unspecified atom stereocenters. The molecular formula is C24H29FN4O2. The first kappa shape index (κ1) is 20.5. The molecule has 1 amide bonds. The zero-order valence-corrected chi connectivity index (χ0v) is 17.9. The third-order valence-electron chi connectivity index (χ3n) is 6.93. The number of aliphatic hydroxyl groups is 1. The lowest BCUT2D eigenvalue weighted by Crippen LogP contribution is -2.46. The van der Waals surface area contributed by atoms with Crippen molar-refractivity contribution < 1.29 is 14.3 Å². The van der Waals surface area contributed by atoms with Crippen LogP contribution in [0.25, 0.3) is 11.3 Å². The molecule has 7 heteroatoms. The second-order valence-corrected chi connectivity index (χ2v) is 9.18. The number of fused-ring (bicyclic) bond motifs is 1. The number of aliphatic hydroxyl groups excluding tert-OH is 1. The summed E-state index contributed by atoms with van der Waals surface area (Å²) in [5.41, 5.74) is 3.25. The summed E-state index contributed by atoms with van der Waals surface area (Å²) in [6.45, 7) is 6.18. The molecule has 164 valence electrons. The van der Waals surface area contributed by atoms with Gasteiger partial charge in [-0.1, -0.05) is 13.0 Å². The van der Waals surface area contributed by atoms with E-state index < -0.39 is 0 Å². The Balaban J connectivity index is 1.38. The molecule has 2 fully saturated rings. The van der Waals surface area contributed by atoms with Crippen LogP contribution in [0.1, 0.15) is 41.3 Å². The minimum atomic E-state index is -0.360. The largest absolute Gasteiger partial charge is 0.391 e. The lowest BCUT2D eigenvalue weighted by molar-refractivity contribution is 0.0674. The summed E-state index contributed by atoms with van der Waals surface area (Å²) in [5.74, 6) is -0.0609. The van der Waals surface area contributed by atoms with Crippen LogP contribution in [0, 0.1) is 11.7 Å².